The Balaban J connectivity index is 2.22. The minimum atomic E-state index is -0.433. The largest absolute Gasteiger partial charge is 0.391 e. The number of aliphatic hydroxyl groups is 1. The molecule has 2 atom stereocenters. The molecule has 1 aromatic rings. The lowest BCUT2D eigenvalue weighted by Gasteiger charge is -2.19. The van der Waals surface area contributed by atoms with Crippen molar-refractivity contribution in [2.45, 2.75) is 18.6 Å². The van der Waals surface area contributed by atoms with Crippen LogP contribution in [0.2, 0.25) is 0 Å². The van der Waals surface area contributed by atoms with Gasteiger partial charge in [0.25, 0.3) is 0 Å². The first-order chi connectivity index (χ1) is 8.59. The van der Waals surface area contributed by atoms with Crippen LogP contribution in [0.25, 0.3) is 0 Å². The zero-order valence-corrected chi connectivity index (χ0v) is 12.1. The maximum Gasteiger partial charge on any atom is 0.0784 e. The van der Waals surface area contributed by atoms with Gasteiger partial charge >= 0.3 is 0 Å². The van der Waals surface area contributed by atoms with Gasteiger partial charge in [-0.25, -0.2) is 0 Å². The van der Waals surface area contributed by atoms with E-state index in [0.29, 0.717) is 5.75 Å². The molecule has 3 nitrogen and oxygen atoms in total. The number of hydrogen-bond donors (Lipinski definition) is 2. The highest BCUT2D eigenvalue weighted by Crippen LogP contribution is 2.09. The molecule has 0 aliphatic carbocycles. The normalized spacial score (nSPS) is 14.7. The Kier molecular flexibility index (Phi) is 7.35. The summed E-state index contributed by atoms with van der Waals surface area (Å²) in [4.78, 5) is 2.14. The molecular weight excluding hydrogens is 244 g/mol. The van der Waals surface area contributed by atoms with Crippen LogP contribution in [0.15, 0.2) is 30.3 Å². The Hall–Kier alpha value is -0.550. The Bertz CT molecular complexity index is 319. The minimum absolute atomic E-state index is 0.181. The van der Waals surface area contributed by atoms with Crippen LogP contribution in [-0.4, -0.2) is 54.3 Å². The zero-order chi connectivity index (χ0) is 13.4. The SMILES string of the molecule is CN(C)CCSCC(O)C(N)Cc1ccccc1. The molecule has 2 unspecified atom stereocenters. The highest BCUT2D eigenvalue weighted by atomic mass is 32.2. The summed E-state index contributed by atoms with van der Waals surface area (Å²) >= 11 is 1.76. The fourth-order valence-corrected chi connectivity index (χ4v) is 2.75. The standard InChI is InChI=1S/C14H24N2OS/c1-16(2)8-9-18-11-14(17)13(15)10-12-6-4-3-5-7-12/h3-7,13-14,17H,8-11,15H2,1-2H3. The second kappa shape index (κ2) is 8.53. The van der Waals surface area contributed by atoms with Crippen LogP contribution < -0.4 is 5.73 Å². The molecule has 3 N–H and O–H groups in total. The molecule has 0 spiro atoms. The molecule has 18 heavy (non-hydrogen) atoms. The second-order valence-electron chi connectivity index (χ2n) is 4.80. The maximum atomic E-state index is 9.98. The average molecular weight is 268 g/mol. The van der Waals surface area contributed by atoms with E-state index in [-0.39, 0.29) is 6.04 Å². The van der Waals surface area contributed by atoms with Crippen molar-refractivity contribution in [2.24, 2.45) is 5.73 Å². The molecule has 1 rings (SSSR count). The Labute approximate surface area is 114 Å². The van der Waals surface area contributed by atoms with Crippen LogP contribution >= 0.6 is 11.8 Å². The number of hydrogen-bond acceptors (Lipinski definition) is 4. The van der Waals surface area contributed by atoms with E-state index in [4.69, 9.17) is 5.73 Å². The van der Waals surface area contributed by atoms with Crippen molar-refractivity contribution in [1.29, 1.82) is 0 Å². The Morgan fingerprint density at radius 1 is 1.28 bits per heavy atom. The van der Waals surface area contributed by atoms with Crippen molar-refractivity contribution < 1.29 is 5.11 Å². The quantitative estimate of drug-likeness (QED) is 0.696. The molecule has 0 amide bonds. The number of rotatable bonds is 8. The van der Waals surface area contributed by atoms with Crippen molar-refractivity contribution in [3.63, 3.8) is 0 Å². The fraction of sp³-hybridized carbons (Fsp3) is 0.571. The van der Waals surface area contributed by atoms with Crippen molar-refractivity contribution in [3.05, 3.63) is 35.9 Å². The van der Waals surface area contributed by atoms with Gasteiger partial charge in [0.15, 0.2) is 0 Å². The number of aliphatic hydroxyl groups excluding tert-OH is 1. The van der Waals surface area contributed by atoms with Crippen LogP contribution in [0.1, 0.15) is 5.56 Å². The van der Waals surface area contributed by atoms with E-state index in [0.717, 1.165) is 18.7 Å². The topological polar surface area (TPSA) is 49.5 Å². The maximum absolute atomic E-state index is 9.98. The van der Waals surface area contributed by atoms with Crippen LogP contribution in [0.5, 0.6) is 0 Å². The highest BCUT2D eigenvalue weighted by Gasteiger charge is 2.15. The summed E-state index contributed by atoms with van der Waals surface area (Å²) in [5.74, 6) is 1.74. The first kappa shape index (κ1) is 15.5. The molecule has 0 saturated carbocycles. The first-order valence-electron chi connectivity index (χ1n) is 6.29. The third-order valence-electron chi connectivity index (χ3n) is 2.78. The van der Waals surface area contributed by atoms with E-state index < -0.39 is 6.10 Å². The minimum Gasteiger partial charge on any atom is -0.391 e. The van der Waals surface area contributed by atoms with Gasteiger partial charge in [-0.3, -0.25) is 0 Å². The van der Waals surface area contributed by atoms with Gasteiger partial charge in [-0.2, -0.15) is 11.8 Å². The molecule has 0 radical (unpaired) electrons. The highest BCUT2D eigenvalue weighted by molar-refractivity contribution is 7.99. The van der Waals surface area contributed by atoms with Gasteiger partial charge in [0.2, 0.25) is 0 Å². The van der Waals surface area contributed by atoms with E-state index in [9.17, 15) is 5.11 Å². The van der Waals surface area contributed by atoms with E-state index in [1.165, 1.54) is 5.56 Å². The van der Waals surface area contributed by atoms with Crippen LogP contribution in [-0.2, 0) is 6.42 Å². The molecular formula is C14H24N2OS. The summed E-state index contributed by atoms with van der Waals surface area (Å²) in [6.45, 7) is 1.03. The van der Waals surface area contributed by atoms with Crippen LogP contribution in [0.3, 0.4) is 0 Å². The number of nitrogens with two attached hydrogens (primary N) is 1. The number of benzene rings is 1. The predicted molar refractivity (Wildman–Crippen MR) is 80.0 cm³/mol. The second-order valence-corrected chi connectivity index (χ2v) is 5.95. The van der Waals surface area contributed by atoms with Gasteiger partial charge in [0.05, 0.1) is 6.10 Å². The molecule has 102 valence electrons. The molecule has 0 heterocycles. The summed E-state index contributed by atoms with van der Waals surface area (Å²) in [5.41, 5.74) is 7.20. The van der Waals surface area contributed by atoms with Crippen LogP contribution in [0.4, 0.5) is 0 Å². The third-order valence-corrected chi connectivity index (χ3v) is 3.83. The fourth-order valence-electron chi connectivity index (χ4n) is 1.60. The van der Waals surface area contributed by atoms with E-state index in [1.54, 1.807) is 11.8 Å². The van der Waals surface area contributed by atoms with Crippen molar-refractivity contribution in [3.8, 4) is 0 Å². The lowest BCUT2D eigenvalue weighted by molar-refractivity contribution is 0.167. The predicted octanol–water partition coefficient (Wildman–Crippen LogP) is 1.21. The Morgan fingerprint density at radius 3 is 2.56 bits per heavy atom. The van der Waals surface area contributed by atoms with Gasteiger partial charge in [0.1, 0.15) is 0 Å². The van der Waals surface area contributed by atoms with E-state index >= 15 is 0 Å². The molecule has 0 aliphatic heterocycles. The van der Waals surface area contributed by atoms with Crippen molar-refractivity contribution >= 4 is 11.8 Å². The zero-order valence-electron chi connectivity index (χ0n) is 11.2. The van der Waals surface area contributed by atoms with E-state index in [2.05, 4.69) is 19.0 Å². The van der Waals surface area contributed by atoms with Gasteiger partial charge in [-0.1, -0.05) is 30.3 Å². The summed E-state index contributed by atoms with van der Waals surface area (Å²) in [6, 6.07) is 9.90. The molecule has 0 bridgehead atoms. The molecule has 4 heteroatoms. The van der Waals surface area contributed by atoms with Gasteiger partial charge in [-0.15, -0.1) is 0 Å². The third kappa shape index (κ3) is 6.40. The molecule has 0 aliphatic rings. The Morgan fingerprint density at radius 2 is 1.94 bits per heavy atom. The lowest BCUT2D eigenvalue weighted by atomic mass is 10.0. The average Bonchev–Trinajstić information content (AvgIpc) is 2.35. The van der Waals surface area contributed by atoms with Crippen LogP contribution in [0, 0.1) is 0 Å². The summed E-state index contributed by atoms with van der Waals surface area (Å²) in [6.07, 6.45) is 0.299. The molecule has 0 aromatic heterocycles. The first-order valence-corrected chi connectivity index (χ1v) is 7.45. The number of nitrogens with zero attached hydrogens (tertiary/aromatic N) is 1. The molecule has 0 fully saturated rings. The van der Waals surface area contributed by atoms with Crippen molar-refractivity contribution in [1.82, 2.24) is 4.90 Å². The van der Waals surface area contributed by atoms with Gasteiger partial charge in [-0.05, 0) is 26.1 Å². The van der Waals surface area contributed by atoms with Gasteiger partial charge < -0.3 is 15.7 Å². The van der Waals surface area contributed by atoms with Gasteiger partial charge in [0, 0.05) is 24.1 Å². The number of thioether (sulfide) groups is 1. The monoisotopic (exact) mass is 268 g/mol. The van der Waals surface area contributed by atoms with Crippen molar-refractivity contribution in [2.75, 3.05) is 32.1 Å². The summed E-state index contributed by atoms with van der Waals surface area (Å²) in [7, 11) is 4.11. The molecule has 0 saturated heterocycles. The summed E-state index contributed by atoms with van der Waals surface area (Å²) < 4.78 is 0. The van der Waals surface area contributed by atoms with E-state index in [1.807, 2.05) is 30.3 Å². The molecule has 1 aromatic carbocycles. The summed E-state index contributed by atoms with van der Waals surface area (Å²) in [5, 5.41) is 9.98. The smallest absolute Gasteiger partial charge is 0.0784 e. The lowest BCUT2D eigenvalue weighted by Crippen LogP contribution is -2.38.